The van der Waals surface area contributed by atoms with Crippen molar-refractivity contribution in [3.8, 4) is 0 Å². The maximum Gasteiger partial charge on any atom is 0.236 e. The second-order valence-electron chi connectivity index (χ2n) is 3.73. The van der Waals surface area contributed by atoms with Crippen molar-refractivity contribution in [3.05, 3.63) is 0 Å². The number of nitrogens with one attached hydrogen (secondary N) is 3. The van der Waals surface area contributed by atoms with Gasteiger partial charge in [-0.15, -0.1) is 0 Å². The zero-order valence-electron chi connectivity index (χ0n) is 9.88. The first kappa shape index (κ1) is 14.7. The molecule has 6 nitrogen and oxygen atoms in total. The number of unbranched alkanes of at least 4 members (excludes halogenated alkanes) is 1. The van der Waals surface area contributed by atoms with Crippen LogP contribution in [0.2, 0.25) is 0 Å². The molecular weight excluding hydrogens is 206 g/mol. The SMILES string of the molecule is CCCCNC(=O)[C@@H](N)CCCNC(=N)N. The van der Waals surface area contributed by atoms with E-state index >= 15 is 0 Å². The predicted octanol–water partition coefficient (Wildman–Crippen LogP) is -0.507. The molecule has 0 aliphatic carbocycles. The molecule has 0 aliphatic rings. The lowest BCUT2D eigenvalue weighted by atomic mass is 10.1. The van der Waals surface area contributed by atoms with E-state index in [2.05, 4.69) is 17.6 Å². The minimum atomic E-state index is -0.467. The van der Waals surface area contributed by atoms with Gasteiger partial charge in [-0.2, -0.15) is 0 Å². The Balaban J connectivity index is 3.51. The van der Waals surface area contributed by atoms with Gasteiger partial charge in [0.25, 0.3) is 0 Å². The van der Waals surface area contributed by atoms with Crippen molar-refractivity contribution in [1.82, 2.24) is 10.6 Å². The zero-order chi connectivity index (χ0) is 12.4. The maximum atomic E-state index is 11.4. The van der Waals surface area contributed by atoms with E-state index < -0.39 is 6.04 Å². The lowest BCUT2D eigenvalue weighted by Gasteiger charge is -2.12. The molecule has 6 heteroatoms. The number of rotatable bonds is 8. The van der Waals surface area contributed by atoms with Crippen LogP contribution >= 0.6 is 0 Å². The van der Waals surface area contributed by atoms with E-state index in [9.17, 15) is 4.79 Å². The van der Waals surface area contributed by atoms with Crippen LogP contribution in [0, 0.1) is 5.41 Å². The Kier molecular flexibility index (Phi) is 8.24. The van der Waals surface area contributed by atoms with Gasteiger partial charge in [0, 0.05) is 13.1 Å². The molecule has 1 atom stereocenters. The topological polar surface area (TPSA) is 117 Å². The highest BCUT2D eigenvalue weighted by Gasteiger charge is 2.11. The second kappa shape index (κ2) is 8.96. The molecule has 0 aromatic heterocycles. The molecule has 7 N–H and O–H groups in total. The Hall–Kier alpha value is -1.30. The predicted molar refractivity (Wildman–Crippen MR) is 65.0 cm³/mol. The minimum Gasteiger partial charge on any atom is -0.370 e. The summed E-state index contributed by atoms with van der Waals surface area (Å²) < 4.78 is 0. The molecule has 16 heavy (non-hydrogen) atoms. The van der Waals surface area contributed by atoms with Crippen LogP contribution in [0.25, 0.3) is 0 Å². The Bertz CT molecular complexity index is 219. The maximum absolute atomic E-state index is 11.4. The molecule has 0 aromatic carbocycles. The van der Waals surface area contributed by atoms with Crippen molar-refractivity contribution in [2.24, 2.45) is 11.5 Å². The highest BCUT2D eigenvalue weighted by Crippen LogP contribution is 1.94. The summed E-state index contributed by atoms with van der Waals surface area (Å²) in [6.45, 7) is 3.33. The molecular formula is C10H23N5O. The Labute approximate surface area is 96.7 Å². The van der Waals surface area contributed by atoms with Gasteiger partial charge in [-0.3, -0.25) is 10.2 Å². The summed E-state index contributed by atoms with van der Waals surface area (Å²) in [7, 11) is 0. The number of carbonyl (C=O) groups excluding carboxylic acids is 1. The lowest BCUT2D eigenvalue weighted by molar-refractivity contribution is -0.122. The summed E-state index contributed by atoms with van der Waals surface area (Å²) in [6, 6.07) is -0.467. The summed E-state index contributed by atoms with van der Waals surface area (Å²) >= 11 is 0. The molecule has 0 saturated carbocycles. The number of carbonyl (C=O) groups is 1. The van der Waals surface area contributed by atoms with E-state index in [0.29, 0.717) is 19.5 Å². The Morgan fingerprint density at radius 2 is 1.94 bits per heavy atom. The third-order valence-electron chi connectivity index (χ3n) is 2.17. The van der Waals surface area contributed by atoms with Crippen LogP contribution in [0.3, 0.4) is 0 Å². The number of hydrogen-bond donors (Lipinski definition) is 5. The second-order valence-corrected chi connectivity index (χ2v) is 3.73. The van der Waals surface area contributed by atoms with Crippen molar-refractivity contribution in [3.63, 3.8) is 0 Å². The summed E-state index contributed by atoms with van der Waals surface area (Å²) in [5.41, 5.74) is 10.8. The third-order valence-corrected chi connectivity index (χ3v) is 2.17. The Morgan fingerprint density at radius 3 is 2.50 bits per heavy atom. The first-order chi connectivity index (χ1) is 7.57. The van der Waals surface area contributed by atoms with Crippen molar-refractivity contribution in [1.29, 1.82) is 5.41 Å². The number of hydrogen-bond acceptors (Lipinski definition) is 3. The molecule has 1 amide bonds. The number of amides is 1. The highest BCUT2D eigenvalue weighted by molar-refractivity contribution is 5.81. The fraction of sp³-hybridized carbons (Fsp3) is 0.800. The van der Waals surface area contributed by atoms with E-state index in [-0.39, 0.29) is 11.9 Å². The lowest BCUT2D eigenvalue weighted by Crippen LogP contribution is -2.41. The van der Waals surface area contributed by atoms with Gasteiger partial charge in [-0.25, -0.2) is 0 Å². The molecule has 0 fully saturated rings. The van der Waals surface area contributed by atoms with Gasteiger partial charge in [0.2, 0.25) is 5.91 Å². The van der Waals surface area contributed by atoms with Gasteiger partial charge in [0.05, 0.1) is 6.04 Å². The quantitative estimate of drug-likeness (QED) is 0.219. The molecule has 94 valence electrons. The van der Waals surface area contributed by atoms with Gasteiger partial charge in [0.15, 0.2) is 5.96 Å². The van der Waals surface area contributed by atoms with Gasteiger partial charge < -0.3 is 22.1 Å². The molecule has 0 bridgehead atoms. The van der Waals surface area contributed by atoms with Crippen LogP contribution < -0.4 is 22.1 Å². The highest BCUT2D eigenvalue weighted by atomic mass is 16.2. The van der Waals surface area contributed by atoms with Crippen LogP contribution in [-0.2, 0) is 4.79 Å². The summed E-state index contributed by atoms with van der Waals surface area (Å²) in [6.07, 6.45) is 3.35. The fourth-order valence-electron chi connectivity index (χ4n) is 1.20. The summed E-state index contributed by atoms with van der Waals surface area (Å²) in [5, 5.41) is 12.4. The van der Waals surface area contributed by atoms with Crippen molar-refractivity contribution < 1.29 is 4.79 Å². The fourth-order valence-corrected chi connectivity index (χ4v) is 1.20. The first-order valence-corrected chi connectivity index (χ1v) is 5.69. The van der Waals surface area contributed by atoms with Crippen LogP contribution in [0.1, 0.15) is 32.6 Å². The largest absolute Gasteiger partial charge is 0.370 e. The van der Waals surface area contributed by atoms with Crippen molar-refractivity contribution in [2.45, 2.75) is 38.6 Å². The summed E-state index contributed by atoms with van der Waals surface area (Å²) in [4.78, 5) is 11.4. The molecule has 0 spiro atoms. The van der Waals surface area contributed by atoms with Gasteiger partial charge in [-0.1, -0.05) is 13.3 Å². The van der Waals surface area contributed by atoms with E-state index in [1.54, 1.807) is 0 Å². The van der Waals surface area contributed by atoms with E-state index in [0.717, 1.165) is 19.3 Å². The average molecular weight is 229 g/mol. The molecule has 0 saturated heterocycles. The van der Waals surface area contributed by atoms with E-state index in [1.165, 1.54) is 0 Å². The van der Waals surface area contributed by atoms with E-state index in [4.69, 9.17) is 16.9 Å². The first-order valence-electron chi connectivity index (χ1n) is 5.69. The smallest absolute Gasteiger partial charge is 0.236 e. The van der Waals surface area contributed by atoms with Crippen molar-refractivity contribution in [2.75, 3.05) is 13.1 Å². The van der Waals surface area contributed by atoms with Gasteiger partial charge in [-0.05, 0) is 19.3 Å². The number of guanidine groups is 1. The standard InChI is InChI=1S/C10H23N5O/c1-2-3-6-14-9(16)8(11)5-4-7-15-10(12)13/h8H,2-7,11H2,1H3,(H,14,16)(H4,12,13,15)/t8-/m0/s1. The molecule has 0 heterocycles. The average Bonchev–Trinajstić information content (AvgIpc) is 2.24. The van der Waals surface area contributed by atoms with Crippen LogP contribution in [-0.4, -0.2) is 31.0 Å². The van der Waals surface area contributed by atoms with Crippen LogP contribution in [0.15, 0.2) is 0 Å². The van der Waals surface area contributed by atoms with Gasteiger partial charge in [0.1, 0.15) is 0 Å². The molecule has 0 unspecified atom stereocenters. The zero-order valence-corrected chi connectivity index (χ0v) is 9.88. The monoisotopic (exact) mass is 229 g/mol. The van der Waals surface area contributed by atoms with Gasteiger partial charge >= 0.3 is 0 Å². The van der Waals surface area contributed by atoms with Crippen molar-refractivity contribution >= 4 is 11.9 Å². The van der Waals surface area contributed by atoms with Crippen LogP contribution in [0.5, 0.6) is 0 Å². The Morgan fingerprint density at radius 1 is 1.31 bits per heavy atom. The third kappa shape index (κ3) is 8.05. The molecule has 0 radical (unpaired) electrons. The van der Waals surface area contributed by atoms with E-state index in [1.807, 2.05) is 0 Å². The molecule has 0 aromatic rings. The minimum absolute atomic E-state index is 0.0547. The normalized spacial score (nSPS) is 11.9. The summed E-state index contributed by atoms with van der Waals surface area (Å²) in [5.74, 6) is -0.155. The molecule has 0 rings (SSSR count). The molecule has 0 aliphatic heterocycles. The number of nitrogens with two attached hydrogens (primary N) is 2. The van der Waals surface area contributed by atoms with Crippen LogP contribution in [0.4, 0.5) is 0 Å².